The van der Waals surface area contributed by atoms with E-state index in [9.17, 15) is 8.42 Å². The minimum Gasteiger partial charge on any atom is -0.267 e. The van der Waals surface area contributed by atoms with Gasteiger partial charge in [-0.25, -0.2) is 0 Å². The monoisotopic (exact) mass is 208 g/mol. The Hall–Kier alpha value is -0.0900. The molecule has 0 aliphatic carbocycles. The first-order chi connectivity index (χ1) is 6.02. The number of unbranched alkanes of at least 4 members (excludes halogenated alkanes) is 2. The van der Waals surface area contributed by atoms with Gasteiger partial charge in [-0.15, -0.1) is 0 Å². The Morgan fingerprint density at radius 1 is 1.23 bits per heavy atom. The predicted octanol–water partition coefficient (Wildman–Crippen LogP) is 2.32. The van der Waals surface area contributed by atoms with Crippen molar-refractivity contribution in [3.05, 3.63) is 0 Å². The van der Waals surface area contributed by atoms with Crippen molar-refractivity contribution in [3.63, 3.8) is 0 Å². The van der Waals surface area contributed by atoms with E-state index in [0.717, 1.165) is 25.7 Å². The van der Waals surface area contributed by atoms with Gasteiger partial charge in [0.05, 0.1) is 11.9 Å². The van der Waals surface area contributed by atoms with E-state index in [1.165, 1.54) is 0 Å². The minimum atomic E-state index is -3.26. The van der Waals surface area contributed by atoms with Gasteiger partial charge in [-0.2, -0.15) is 8.42 Å². The first-order valence-corrected chi connectivity index (χ1v) is 6.50. The van der Waals surface area contributed by atoms with E-state index < -0.39 is 10.1 Å². The Labute approximate surface area is 81.6 Å². The highest BCUT2D eigenvalue weighted by Gasteiger charge is 2.12. The van der Waals surface area contributed by atoms with Crippen LogP contribution < -0.4 is 0 Å². The van der Waals surface area contributed by atoms with Gasteiger partial charge in [0.25, 0.3) is 10.1 Å². The normalized spacial score (nSPS) is 14.4. The van der Waals surface area contributed by atoms with Crippen LogP contribution >= 0.6 is 0 Å². The lowest BCUT2D eigenvalue weighted by Gasteiger charge is -2.11. The maximum atomic E-state index is 11.0. The predicted molar refractivity (Wildman–Crippen MR) is 54.1 cm³/mol. The minimum absolute atomic E-state index is 0.0606. The van der Waals surface area contributed by atoms with Crippen molar-refractivity contribution in [2.24, 2.45) is 0 Å². The van der Waals surface area contributed by atoms with E-state index in [-0.39, 0.29) is 11.9 Å². The summed E-state index contributed by atoms with van der Waals surface area (Å²) in [6, 6.07) is 0. The molecule has 1 atom stereocenters. The van der Waals surface area contributed by atoms with Crippen molar-refractivity contribution in [2.45, 2.75) is 52.6 Å². The van der Waals surface area contributed by atoms with Gasteiger partial charge in [0, 0.05) is 0 Å². The fraction of sp³-hybridized carbons (Fsp3) is 1.00. The Balaban J connectivity index is 3.68. The SMILES string of the molecule is CCCCCC(C)OS(=O)(=O)CC. The van der Waals surface area contributed by atoms with E-state index in [1.807, 2.05) is 6.92 Å². The van der Waals surface area contributed by atoms with Gasteiger partial charge in [0.2, 0.25) is 0 Å². The highest BCUT2D eigenvalue weighted by Crippen LogP contribution is 2.09. The van der Waals surface area contributed by atoms with Crippen molar-refractivity contribution in [2.75, 3.05) is 5.75 Å². The van der Waals surface area contributed by atoms with Crippen LogP contribution in [0.25, 0.3) is 0 Å². The summed E-state index contributed by atoms with van der Waals surface area (Å²) in [6.45, 7) is 5.52. The number of rotatable bonds is 7. The lowest BCUT2D eigenvalue weighted by atomic mass is 10.1. The molecule has 4 heteroatoms. The molecule has 1 unspecified atom stereocenters. The summed E-state index contributed by atoms with van der Waals surface area (Å²) >= 11 is 0. The highest BCUT2D eigenvalue weighted by molar-refractivity contribution is 7.86. The fourth-order valence-electron chi connectivity index (χ4n) is 1.05. The molecule has 3 nitrogen and oxygen atoms in total. The molecule has 0 bridgehead atoms. The van der Waals surface area contributed by atoms with Crippen LogP contribution in [0.2, 0.25) is 0 Å². The summed E-state index contributed by atoms with van der Waals surface area (Å²) in [5.74, 6) is 0.0606. The Morgan fingerprint density at radius 2 is 1.85 bits per heavy atom. The van der Waals surface area contributed by atoms with E-state index in [1.54, 1.807) is 6.92 Å². The molecule has 0 aromatic heterocycles. The van der Waals surface area contributed by atoms with Gasteiger partial charge >= 0.3 is 0 Å². The van der Waals surface area contributed by atoms with Crippen LogP contribution in [0.5, 0.6) is 0 Å². The van der Waals surface area contributed by atoms with Crippen LogP contribution in [0, 0.1) is 0 Å². The molecule has 13 heavy (non-hydrogen) atoms. The number of hydrogen-bond donors (Lipinski definition) is 0. The van der Waals surface area contributed by atoms with Crippen LogP contribution in [-0.2, 0) is 14.3 Å². The van der Waals surface area contributed by atoms with Crippen molar-refractivity contribution in [3.8, 4) is 0 Å². The molecule has 0 saturated carbocycles. The third-order valence-corrected chi connectivity index (χ3v) is 3.21. The van der Waals surface area contributed by atoms with Crippen LogP contribution in [0.1, 0.15) is 46.5 Å². The van der Waals surface area contributed by atoms with E-state index in [0.29, 0.717) is 0 Å². The summed E-state index contributed by atoms with van der Waals surface area (Å²) in [5, 5.41) is 0. The molecule has 0 saturated heterocycles. The number of hydrogen-bond acceptors (Lipinski definition) is 3. The lowest BCUT2D eigenvalue weighted by Crippen LogP contribution is -2.16. The molecule has 0 amide bonds. The summed E-state index contributed by atoms with van der Waals surface area (Å²) in [7, 11) is -3.26. The average molecular weight is 208 g/mol. The van der Waals surface area contributed by atoms with Crippen molar-refractivity contribution < 1.29 is 12.6 Å². The fourth-order valence-corrected chi connectivity index (χ4v) is 1.78. The van der Waals surface area contributed by atoms with Gasteiger partial charge in [-0.3, -0.25) is 4.18 Å². The first-order valence-electron chi connectivity index (χ1n) is 4.92. The highest BCUT2D eigenvalue weighted by atomic mass is 32.2. The van der Waals surface area contributed by atoms with Crippen LogP contribution in [0.15, 0.2) is 0 Å². The average Bonchev–Trinajstić information content (AvgIpc) is 2.04. The molecule has 0 N–H and O–H groups in total. The van der Waals surface area contributed by atoms with Crippen molar-refractivity contribution >= 4 is 10.1 Å². The molecule has 0 radical (unpaired) electrons. The lowest BCUT2D eigenvalue weighted by molar-refractivity contribution is 0.214. The molecule has 0 spiro atoms. The second-order valence-corrected chi connectivity index (χ2v) is 5.13. The summed E-state index contributed by atoms with van der Waals surface area (Å²) in [6.07, 6.45) is 3.98. The second kappa shape index (κ2) is 6.38. The molecular weight excluding hydrogens is 188 g/mol. The zero-order valence-corrected chi connectivity index (χ0v) is 9.56. The second-order valence-electron chi connectivity index (χ2n) is 3.25. The summed E-state index contributed by atoms with van der Waals surface area (Å²) < 4.78 is 26.9. The van der Waals surface area contributed by atoms with Crippen LogP contribution in [0.4, 0.5) is 0 Å². The topological polar surface area (TPSA) is 43.4 Å². The first kappa shape index (κ1) is 12.9. The summed E-state index contributed by atoms with van der Waals surface area (Å²) in [5.41, 5.74) is 0. The molecule has 80 valence electrons. The van der Waals surface area contributed by atoms with Gasteiger partial charge in [0.15, 0.2) is 0 Å². The zero-order chi connectivity index (χ0) is 10.3. The van der Waals surface area contributed by atoms with Crippen LogP contribution in [0.3, 0.4) is 0 Å². The van der Waals surface area contributed by atoms with Gasteiger partial charge < -0.3 is 0 Å². The quantitative estimate of drug-likeness (QED) is 0.476. The van der Waals surface area contributed by atoms with Crippen molar-refractivity contribution in [1.29, 1.82) is 0 Å². The van der Waals surface area contributed by atoms with Gasteiger partial charge in [-0.05, 0) is 20.3 Å². The Bertz CT molecular complexity index is 209. The third kappa shape index (κ3) is 7.02. The molecule has 0 rings (SSSR count). The molecule has 0 aromatic carbocycles. The van der Waals surface area contributed by atoms with Gasteiger partial charge in [0.1, 0.15) is 0 Å². The molecule has 0 aliphatic rings. The molecular formula is C9H20O3S. The molecule has 0 heterocycles. The standard InChI is InChI=1S/C9H20O3S/c1-4-6-7-8-9(3)12-13(10,11)5-2/h9H,4-8H2,1-3H3. The maximum Gasteiger partial charge on any atom is 0.267 e. The summed E-state index contributed by atoms with van der Waals surface area (Å²) in [4.78, 5) is 0. The Morgan fingerprint density at radius 3 is 2.31 bits per heavy atom. The molecule has 0 aromatic rings. The van der Waals surface area contributed by atoms with Crippen molar-refractivity contribution in [1.82, 2.24) is 0 Å². The smallest absolute Gasteiger partial charge is 0.267 e. The van der Waals surface area contributed by atoms with E-state index in [4.69, 9.17) is 4.18 Å². The maximum absolute atomic E-state index is 11.0. The zero-order valence-electron chi connectivity index (χ0n) is 8.75. The van der Waals surface area contributed by atoms with Crippen LogP contribution in [-0.4, -0.2) is 20.3 Å². The molecule has 0 aliphatic heterocycles. The largest absolute Gasteiger partial charge is 0.267 e. The molecule has 0 fully saturated rings. The Kier molecular flexibility index (Phi) is 6.33. The third-order valence-electron chi connectivity index (χ3n) is 1.88. The van der Waals surface area contributed by atoms with Gasteiger partial charge in [-0.1, -0.05) is 26.2 Å². The van der Waals surface area contributed by atoms with E-state index in [2.05, 4.69) is 6.92 Å². The van der Waals surface area contributed by atoms with E-state index >= 15 is 0 Å².